The molecule has 2 N–H and O–H groups in total. The SMILES string of the molecule is COC(=O)[C@@H](N)CSc1cc(C)nc2ccc(F)cc12. The maximum absolute atomic E-state index is 13.4. The van der Waals surface area contributed by atoms with Crippen LogP contribution in [0.4, 0.5) is 4.39 Å². The standard InChI is InChI=1S/C14H15FN2O2S/c1-8-5-13(20-7-11(16)14(18)19-2)10-6-9(15)3-4-12(10)17-8/h3-6,11H,7,16H2,1-2H3/t11-/m0/s1. The third-order valence-electron chi connectivity index (χ3n) is 2.78. The number of methoxy groups -OCH3 is 1. The summed E-state index contributed by atoms with van der Waals surface area (Å²) in [4.78, 5) is 16.5. The second-order valence-corrected chi connectivity index (χ2v) is 5.43. The Morgan fingerprint density at radius 2 is 2.25 bits per heavy atom. The molecule has 1 atom stereocenters. The van der Waals surface area contributed by atoms with E-state index in [4.69, 9.17) is 5.73 Å². The monoisotopic (exact) mass is 294 g/mol. The van der Waals surface area contributed by atoms with Gasteiger partial charge in [-0.05, 0) is 31.2 Å². The van der Waals surface area contributed by atoms with Crippen molar-refractivity contribution < 1.29 is 13.9 Å². The van der Waals surface area contributed by atoms with Crippen LogP contribution in [0.3, 0.4) is 0 Å². The quantitative estimate of drug-likeness (QED) is 0.692. The number of pyridine rings is 1. The van der Waals surface area contributed by atoms with Gasteiger partial charge in [0.25, 0.3) is 0 Å². The van der Waals surface area contributed by atoms with Crippen molar-refractivity contribution in [2.75, 3.05) is 12.9 Å². The van der Waals surface area contributed by atoms with Crippen molar-refractivity contribution in [3.63, 3.8) is 0 Å². The summed E-state index contributed by atoms with van der Waals surface area (Å²) in [6.45, 7) is 1.87. The minimum Gasteiger partial charge on any atom is -0.468 e. The molecule has 0 saturated carbocycles. The first-order valence-electron chi connectivity index (χ1n) is 6.04. The molecule has 20 heavy (non-hydrogen) atoms. The van der Waals surface area contributed by atoms with Crippen LogP contribution in [0.15, 0.2) is 29.2 Å². The lowest BCUT2D eigenvalue weighted by molar-refractivity contribution is -0.141. The van der Waals surface area contributed by atoms with Crippen LogP contribution in [0.5, 0.6) is 0 Å². The van der Waals surface area contributed by atoms with E-state index >= 15 is 0 Å². The third kappa shape index (κ3) is 3.26. The van der Waals surface area contributed by atoms with E-state index in [-0.39, 0.29) is 5.82 Å². The van der Waals surface area contributed by atoms with Gasteiger partial charge in [-0.25, -0.2) is 4.39 Å². The molecule has 0 amide bonds. The van der Waals surface area contributed by atoms with Gasteiger partial charge in [-0.1, -0.05) is 0 Å². The molecule has 0 spiro atoms. The minimum atomic E-state index is -0.706. The van der Waals surface area contributed by atoms with Crippen molar-refractivity contribution >= 4 is 28.6 Å². The lowest BCUT2D eigenvalue weighted by Crippen LogP contribution is -2.33. The van der Waals surface area contributed by atoms with Gasteiger partial charge in [0.05, 0.1) is 12.6 Å². The van der Waals surface area contributed by atoms with E-state index in [2.05, 4.69) is 9.72 Å². The van der Waals surface area contributed by atoms with Gasteiger partial charge in [-0.2, -0.15) is 0 Å². The van der Waals surface area contributed by atoms with Gasteiger partial charge in [-0.15, -0.1) is 11.8 Å². The van der Waals surface area contributed by atoms with Gasteiger partial charge in [-0.3, -0.25) is 9.78 Å². The van der Waals surface area contributed by atoms with E-state index in [1.54, 1.807) is 6.07 Å². The Labute approximate surface area is 120 Å². The van der Waals surface area contributed by atoms with Gasteiger partial charge in [0.1, 0.15) is 11.9 Å². The van der Waals surface area contributed by atoms with E-state index in [0.717, 1.165) is 21.5 Å². The maximum Gasteiger partial charge on any atom is 0.323 e. The maximum atomic E-state index is 13.4. The summed E-state index contributed by atoms with van der Waals surface area (Å²) in [6.07, 6.45) is 0. The molecule has 0 bridgehead atoms. The Hall–Kier alpha value is -1.66. The number of thioether (sulfide) groups is 1. The van der Waals surface area contributed by atoms with E-state index in [0.29, 0.717) is 5.75 Å². The van der Waals surface area contributed by atoms with Gasteiger partial charge in [0.2, 0.25) is 0 Å². The highest BCUT2D eigenvalue weighted by molar-refractivity contribution is 7.99. The van der Waals surface area contributed by atoms with Crippen LogP contribution in [-0.4, -0.2) is 29.9 Å². The molecule has 0 unspecified atom stereocenters. The van der Waals surface area contributed by atoms with Crippen molar-refractivity contribution in [3.8, 4) is 0 Å². The van der Waals surface area contributed by atoms with Crippen molar-refractivity contribution in [2.24, 2.45) is 5.73 Å². The first-order chi connectivity index (χ1) is 9.51. The van der Waals surface area contributed by atoms with Crippen LogP contribution < -0.4 is 5.73 Å². The average Bonchev–Trinajstić information content (AvgIpc) is 2.44. The molecule has 0 saturated heterocycles. The van der Waals surface area contributed by atoms with E-state index in [1.165, 1.54) is 31.0 Å². The van der Waals surface area contributed by atoms with Crippen LogP contribution in [0.25, 0.3) is 10.9 Å². The summed E-state index contributed by atoms with van der Waals surface area (Å²) < 4.78 is 17.9. The largest absolute Gasteiger partial charge is 0.468 e. The fourth-order valence-corrected chi connectivity index (χ4v) is 2.88. The Morgan fingerprint density at radius 1 is 1.50 bits per heavy atom. The summed E-state index contributed by atoms with van der Waals surface area (Å²) >= 11 is 1.39. The van der Waals surface area contributed by atoms with Gasteiger partial charge in [0, 0.05) is 21.7 Å². The van der Waals surface area contributed by atoms with Gasteiger partial charge < -0.3 is 10.5 Å². The van der Waals surface area contributed by atoms with Crippen LogP contribution >= 0.6 is 11.8 Å². The van der Waals surface area contributed by atoms with E-state index in [9.17, 15) is 9.18 Å². The van der Waals surface area contributed by atoms with Crippen LogP contribution in [-0.2, 0) is 9.53 Å². The normalized spacial score (nSPS) is 12.4. The van der Waals surface area contributed by atoms with Gasteiger partial charge in [0.15, 0.2) is 0 Å². The molecule has 0 aliphatic carbocycles. The summed E-state index contributed by atoms with van der Waals surface area (Å²) in [5.74, 6) is -0.414. The zero-order valence-corrected chi connectivity index (χ0v) is 12.0. The number of carbonyl (C=O) groups is 1. The number of benzene rings is 1. The van der Waals surface area contributed by atoms with Crippen molar-refractivity contribution in [1.29, 1.82) is 0 Å². The number of nitrogens with zero attached hydrogens (tertiary/aromatic N) is 1. The number of rotatable bonds is 4. The fourth-order valence-electron chi connectivity index (χ4n) is 1.81. The van der Waals surface area contributed by atoms with Gasteiger partial charge >= 0.3 is 5.97 Å². The second kappa shape index (κ2) is 6.19. The number of fused-ring (bicyclic) bond motifs is 1. The molecular formula is C14H15FN2O2S. The fraction of sp³-hybridized carbons (Fsp3) is 0.286. The Bertz CT molecular complexity index is 648. The van der Waals surface area contributed by atoms with Crippen molar-refractivity contribution in [3.05, 3.63) is 35.8 Å². The summed E-state index contributed by atoms with van der Waals surface area (Å²) in [6, 6.07) is 5.61. The highest BCUT2D eigenvalue weighted by Gasteiger charge is 2.15. The summed E-state index contributed by atoms with van der Waals surface area (Å²) in [7, 11) is 1.30. The van der Waals surface area contributed by atoms with Crippen LogP contribution in [0.1, 0.15) is 5.69 Å². The lowest BCUT2D eigenvalue weighted by atomic mass is 10.2. The number of aryl methyl sites for hydroxylation is 1. The number of aromatic nitrogens is 1. The topological polar surface area (TPSA) is 65.2 Å². The molecule has 0 fully saturated rings. The number of hydrogen-bond acceptors (Lipinski definition) is 5. The number of carbonyl (C=O) groups excluding carboxylic acids is 1. The Kier molecular flexibility index (Phi) is 4.57. The molecule has 0 aliphatic rings. The highest BCUT2D eigenvalue weighted by atomic mass is 32.2. The summed E-state index contributed by atoms with van der Waals surface area (Å²) in [5, 5.41) is 0.720. The first-order valence-corrected chi connectivity index (χ1v) is 7.03. The number of nitrogens with two attached hydrogens (primary N) is 1. The Balaban J connectivity index is 2.29. The summed E-state index contributed by atoms with van der Waals surface area (Å²) in [5.41, 5.74) is 7.26. The molecule has 6 heteroatoms. The zero-order chi connectivity index (χ0) is 14.7. The number of ether oxygens (including phenoxy) is 1. The number of hydrogen-bond donors (Lipinski definition) is 1. The molecule has 1 aromatic carbocycles. The molecule has 0 aliphatic heterocycles. The van der Waals surface area contributed by atoms with Crippen molar-refractivity contribution in [1.82, 2.24) is 4.98 Å². The number of halogens is 1. The van der Waals surface area contributed by atoms with Crippen molar-refractivity contribution in [2.45, 2.75) is 17.9 Å². The van der Waals surface area contributed by atoms with Crippen LogP contribution in [0, 0.1) is 12.7 Å². The zero-order valence-electron chi connectivity index (χ0n) is 11.2. The van der Waals surface area contributed by atoms with E-state index < -0.39 is 12.0 Å². The molecule has 4 nitrogen and oxygen atoms in total. The molecule has 2 rings (SSSR count). The molecule has 1 heterocycles. The lowest BCUT2D eigenvalue weighted by Gasteiger charge is -2.11. The third-order valence-corrected chi connectivity index (χ3v) is 3.96. The minimum absolute atomic E-state index is 0.317. The molecule has 1 aromatic heterocycles. The highest BCUT2D eigenvalue weighted by Crippen LogP contribution is 2.28. The average molecular weight is 294 g/mol. The molecule has 0 radical (unpaired) electrons. The Morgan fingerprint density at radius 3 is 2.95 bits per heavy atom. The predicted molar refractivity (Wildman–Crippen MR) is 77.2 cm³/mol. The molecule has 2 aromatic rings. The molecular weight excluding hydrogens is 279 g/mol. The van der Waals surface area contributed by atoms with Crippen LogP contribution in [0.2, 0.25) is 0 Å². The first kappa shape index (κ1) is 14.7. The second-order valence-electron chi connectivity index (χ2n) is 4.36. The number of esters is 1. The van der Waals surface area contributed by atoms with E-state index in [1.807, 2.05) is 13.0 Å². The predicted octanol–water partition coefficient (Wildman–Crippen LogP) is 2.27. The smallest absolute Gasteiger partial charge is 0.323 e. The molecule has 106 valence electrons.